The summed E-state index contributed by atoms with van der Waals surface area (Å²) in [5.41, 5.74) is 1.57. The van der Waals surface area contributed by atoms with Crippen LogP contribution in [0.3, 0.4) is 0 Å². The van der Waals surface area contributed by atoms with Gasteiger partial charge < -0.3 is 10.0 Å². The van der Waals surface area contributed by atoms with Gasteiger partial charge in [-0.2, -0.15) is 0 Å². The van der Waals surface area contributed by atoms with Gasteiger partial charge in [-0.25, -0.2) is 4.79 Å². The Morgan fingerprint density at radius 3 is 2.20 bits per heavy atom. The summed E-state index contributed by atoms with van der Waals surface area (Å²) < 4.78 is 0. The number of rotatable bonds is 6. The van der Waals surface area contributed by atoms with Crippen molar-refractivity contribution in [1.29, 1.82) is 0 Å². The van der Waals surface area contributed by atoms with Crippen molar-refractivity contribution >= 4 is 11.9 Å². The standard InChI is InChI=1S/C16H21NO3/c1-4-17(11-10-14-8-6-5-7-9-14)15(18)12(2)13(3)16(19)20/h5-9H,4,10-11H2,1-3H3,(H,19,20). The van der Waals surface area contributed by atoms with Crippen LogP contribution in [0.5, 0.6) is 0 Å². The zero-order valence-corrected chi connectivity index (χ0v) is 12.2. The van der Waals surface area contributed by atoms with E-state index in [0.29, 0.717) is 18.7 Å². The van der Waals surface area contributed by atoms with Crippen molar-refractivity contribution in [3.05, 3.63) is 47.0 Å². The number of nitrogens with zero attached hydrogens (tertiary/aromatic N) is 1. The average molecular weight is 275 g/mol. The second-order valence-electron chi connectivity index (χ2n) is 4.68. The molecule has 0 aliphatic heterocycles. The fourth-order valence-corrected chi connectivity index (χ4v) is 1.87. The van der Waals surface area contributed by atoms with E-state index in [-0.39, 0.29) is 11.5 Å². The van der Waals surface area contributed by atoms with E-state index in [4.69, 9.17) is 5.11 Å². The third-order valence-corrected chi connectivity index (χ3v) is 3.39. The van der Waals surface area contributed by atoms with E-state index < -0.39 is 5.97 Å². The van der Waals surface area contributed by atoms with Crippen LogP contribution in [0.25, 0.3) is 0 Å². The molecule has 1 aromatic rings. The molecule has 0 unspecified atom stereocenters. The SMILES string of the molecule is CCN(CCc1ccccc1)C(=O)C(C)=C(C)C(=O)O. The third kappa shape index (κ3) is 4.23. The Bertz CT molecular complexity index is 506. The van der Waals surface area contributed by atoms with Crippen LogP contribution in [0.2, 0.25) is 0 Å². The van der Waals surface area contributed by atoms with E-state index >= 15 is 0 Å². The highest BCUT2D eigenvalue weighted by atomic mass is 16.4. The smallest absolute Gasteiger partial charge is 0.331 e. The van der Waals surface area contributed by atoms with Crippen molar-refractivity contribution in [2.24, 2.45) is 0 Å². The van der Waals surface area contributed by atoms with Gasteiger partial charge in [0.15, 0.2) is 0 Å². The van der Waals surface area contributed by atoms with E-state index in [9.17, 15) is 9.59 Å². The molecule has 4 heteroatoms. The molecule has 0 fully saturated rings. The number of carboxylic acids is 1. The van der Waals surface area contributed by atoms with Crippen molar-refractivity contribution in [2.75, 3.05) is 13.1 Å². The first-order valence-electron chi connectivity index (χ1n) is 6.71. The molecule has 0 atom stereocenters. The van der Waals surface area contributed by atoms with E-state index in [2.05, 4.69) is 0 Å². The number of benzene rings is 1. The number of hydrogen-bond donors (Lipinski definition) is 1. The predicted octanol–water partition coefficient (Wildman–Crippen LogP) is 2.50. The van der Waals surface area contributed by atoms with Gasteiger partial charge in [0.05, 0.1) is 0 Å². The molecule has 0 bridgehead atoms. The predicted molar refractivity (Wildman–Crippen MR) is 78.4 cm³/mol. The summed E-state index contributed by atoms with van der Waals surface area (Å²) in [7, 11) is 0. The Morgan fingerprint density at radius 1 is 1.10 bits per heavy atom. The lowest BCUT2D eigenvalue weighted by Crippen LogP contribution is -2.34. The van der Waals surface area contributed by atoms with Gasteiger partial charge in [-0.15, -0.1) is 0 Å². The lowest BCUT2D eigenvalue weighted by molar-refractivity contribution is -0.133. The molecule has 0 aliphatic carbocycles. The molecule has 0 heterocycles. The fraction of sp³-hybridized carbons (Fsp3) is 0.375. The number of likely N-dealkylation sites (N-methyl/N-ethyl adjacent to an activating group) is 1. The number of amides is 1. The second kappa shape index (κ2) is 7.48. The molecule has 1 amide bonds. The molecule has 108 valence electrons. The van der Waals surface area contributed by atoms with Crippen LogP contribution >= 0.6 is 0 Å². The van der Waals surface area contributed by atoms with Gasteiger partial charge >= 0.3 is 5.97 Å². The van der Waals surface area contributed by atoms with E-state index in [0.717, 1.165) is 12.0 Å². The Balaban J connectivity index is 2.74. The van der Waals surface area contributed by atoms with E-state index in [1.54, 1.807) is 11.8 Å². The zero-order valence-electron chi connectivity index (χ0n) is 12.2. The third-order valence-electron chi connectivity index (χ3n) is 3.39. The molecule has 1 aromatic carbocycles. The van der Waals surface area contributed by atoms with Crippen molar-refractivity contribution in [2.45, 2.75) is 27.2 Å². The van der Waals surface area contributed by atoms with Crippen molar-refractivity contribution in [3.63, 3.8) is 0 Å². The van der Waals surface area contributed by atoms with Crippen LogP contribution in [0.1, 0.15) is 26.3 Å². The first-order chi connectivity index (χ1) is 9.47. The largest absolute Gasteiger partial charge is 0.478 e. The van der Waals surface area contributed by atoms with Crippen LogP contribution in [0, 0.1) is 0 Å². The van der Waals surface area contributed by atoms with E-state index in [1.807, 2.05) is 37.3 Å². The molecule has 0 spiro atoms. The van der Waals surface area contributed by atoms with Crippen LogP contribution in [0.15, 0.2) is 41.5 Å². The number of carbonyl (C=O) groups is 2. The van der Waals surface area contributed by atoms with Gasteiger partial charge in [0.1, 0.15) is 0 Å². The quantitative estimate of drug-likeness (QED) is 0.811. The van der Waals surface area contributed by atoms with Crippen molar-refractivity contribution in [1.82, 2.24) is 4.90 Å². The molecule has 0 saturated heterocycles. The Kier molecular flexibility index (Phi) is 5.97. The van der Waals surface area contributed by atoms with Crippen LogP contribution in [-0.2, 0) is 16.0 Å². The van der Waals surface area contributed by atoms with Crippen molar-refractivity contribution in [3.8, 4) is 0 Å². The summed E-state index contributed by atoms with van der Waals surface area (Å²) in [5.74, 6) is -1.25. The molecule has 0 aromatic heterocycles. The highest BCUT2D eigenvalue weighted by molar-refractivity contribution is 6.01. The summed E-state index contributed by atoms with van der Waals surface area (Å²) in [6.45, 7) is 6.07. The summed E-state index contributed by atoms with van der Waals surface area (Å²) in [4.78, 5) is 24.8. The molecule has 20 heavy (non-hydrogen) atoms. The van der Waals surface area contributed by atoms with Gasteiger partial charge in [0.25, 0.3) is 0 Å². The van der Waals surface area contributed by atoms with Gasteiger partial charge in [0.2, 0.25) is 5.91 Å². The van der Waals surface area contributed by atoms with Gasteiger partial charge in [-0.05, 0) is 32.8 Å². The molecule has 0 saturated carbocycles. The first kappa shape index (κ1) is 16.0. The summed E-state index contributed by atoms with van der Waals surface area (Å²) in [6, 6.07) is 9.92. The number of aliphatic carboxylic acids is 1. The molecule has 0 radical (unpaired) electrons. The highest BCUT2D eigenvalue weighted by Crippen LogP contribution is 2.09. The topological polar surface area (TPSA) is 57.6 Å². The Hall–Kier alpha value is -2.10. The number of carbonyl (C=O) groups excluding carboxylic acids is 1. The summed E-state index contributed by atoms with van der Waals surface area (Å²) in [6.07, 6.45) is 0.764. The molecule has 0 aliphatic rings. The molecule has 1 rings (SSSR count). The van der Waals surface area contributed by atoms with Crippen LogP contribution < -0.4 is 0 Å². The Morgan fingerprint density at radius 2 is 1.70 bits per heavy atom. The molecule has 1 N–H and O–H groups in total. The summed E-state index contributed by atoms with van der Waals surface area (Å²) >= 11 is 0. The lowest BCUT2D eigenvalue weighted by atomic mass is 10.1. The molecular weight excluding hydrogens is 254 g/mol. The normalized spacial score (nSPS) is 11.8. The monoisotopic (exact) mass is 275 g/mol. The zero-order chi connectivity index (χ0) is 15.1. The lowest BCUT2D eigenvalue weighted by Gasteiger charge is -2.21. The number of carboxylic acid groups (broad SMARTS) is 1. The van der Waals surface area contributed by atoms with Crippen LogP contribution in [-0.4, -0.2) is 35.0 Å². The number of hydrogen-bond acceptors (Lipinski definition) is 2. The average Bonchev–Trinajstić information content (AvgIpc) is 2.47. The van der Waals surface area contributed by atoms with E-state index in [1.165, 1.54) is 6.92 Å². The minimum Gasteiger partial charge on any atom is -0.478 e. The second-order valence-corrected chi connectivity index (χ2v) is 4.68. The minimum atomic E-state index is -1.05. The maximum Gasteiger partial charge on any atom is 0.331 e. The highest BCUT2D eigenvalue weighted by Gasteiger charge is 2.18. The fourth-order valence-electron chi connectivity index (χ4n) is 1.87. The van der Waals surface area contributed by atoms with Crippen LogP contribution in [0.4, 0.5) is 0 Å². The minimum absolute atomic E-state index is 0.105. The van der Waals surface area contributed by atoms with Gasteiger partial charge in [-0.1, -0.05) is 30.3 Å². The Labute approximate surface area is 119 Å². The maximum atomic E-state index is 12.2. The summed E-state index contributed by atoms with van der Waals surface area (Å²) in [5, 5.41) is 8.94. The van der Waals surface area contributed by atoms with Crippen molar-refractivity contribution < 1.29 is 14.7 Å². The first-order valence-corrected chi connectivity index (χ1v) is 6.71. The molecular formula is C16H21NO3. The van der Waals surface area contributed by atoms with Gasteiger partial charge in [0, 0.05) is 24.2 Å². The maximum absolute atomic E-state index is 12.2. The van der Waals surface area contributed by atoms with Gasteiger partial charge in [-0.3, -0.25) is 4.79 Å². The molecule has 4 nitrogen and oxygen atoms in total.